The number of ether oxygens (including phenoxy) is 2. The largest absolute Gasteiger partial charge is 0.480 e. The second-order valence-electron chi connectivity index (χ2n) is 3.47. The normalized spacial score (nSPS) is 37.5. The summed E-state index contributed by atoms with van der Waals surface area (Å²) < 4.78 is 10.9. The van der Waals surface area contributed by atoms with Gasteiger partial charge in [0.15, 0.2) is 12.2 Å². The molecule has 2 aliphatic rings. The van der Waals surface area contributed by atoms with E-state index in [1.165, 1.54) is 6.40 Å². The first kappa shape index (κ1) is 10.2. The first-order valence-electron chi connectivity index (χ1n) is 5.07. The van der Waals surface area contributed by atoms with E-state index in [4.69, 9.17) is 9.47 Å². The van der Waals surface area contributed by atoms with Crippen molar-refractivity contribution in [3.05, 3.63) is 12.3 Å². The van der Waals surface area contributed by atoms with Crippen molar-refractivity contribution in [3.8, 4) is 0 Å². The van der Waals surface area contributed by atoms with Crippen LogP contribution in [-0.2, 0) is 9.47 Å². The van der Waals surface area contributed by atoms with Crippen LogP contribution >= 0.6 is 0 Å². The van der Waals surface area contributed by atoms with Gasteiger partial charge in [0.2, 0.25) is 0 Å². The fourth-order valence-electron chi connectivity index (χ4n) is 1.60. The molecule has 0 amide bonds. The summed E-state index contributed by atoms with van der Waals surface area (Å²) in [4.78, 5) is 8.03. The molecule has 2 aliphatic heterocycles. The minimum absolute atomic E-state index is 0.0889. The molecule has 2 bridgehead atoms. The molecule has 0 radical (unpaired) electrons. The highest BCUT2D eigenvalue weighted by Gasteiger charge is 2.24. The smallest absolute Gasteiger partial charge is 0.176 e. The molecule has 1 fully saturated rings. The van der Waals surface area contributed by atoms with Gasteiger partial charge in [0.05, 0.1) is 6.10 Å². The average molecular weight is 209 g/mol. The first-order valence-corrected chi connectivity index (χ1v) is 5.07. The third-order valence-electron chi connectivity index (χ3n) is 2.39. The lowest BCUT2D eigenvalue weighted by molar-refractivity contribution is 0.00795. The zero-order valence-corrected chi connectivity index (χ0v) is 8.72. The summed E-state index contributed by atoms with van der Waals surface area (Å²) in [5.74, 6) is 0.625. The molecule has 0 aliphatic carbocycles. The summed E-state index contributed by atoms with van der Waals surface area (Å²) in [5.41, 5.74) is 0. The molecular formula is C10H15N3O2. The van der Waals surface area contributed by atoms with E-state index in [0.717, 1.165) is 12.8 Å². The molecule has 0 aromatic heterocycles. The number of aliphatic imine (C=N–C) groups is 2. The molecule has 1 saturated heterocycles. The van der Waals surface area contributed by atoms with Crippen LogP contribution in [0.2, 0.25) is 0 Å². The Kier molecular flexibility index (Phi) is 3.34. The Hall–Kier alpha value is -1.36. The quantitative estimate of drug-likeness (QED) is 0.638. The Labute approximate surface area is 88.9 Å². The molecule has 0 spiro atoms. The van der Waals surface area contributed by atoms with Crippen LogP contribution in [0.1, 0.15) is 12.8 Å². The molecule has 2 heterocycles. The van der Waals surface area contributed by atoms with E-state index in [-0.39, 0.29) is 12.3 Å². The van der Waals surface area contributed by atoms with Crippen molar-refractivity contribution in [2.45, 2.75) is 25.2 Å². The maximum absolute atomic E-state index is 5.67. The van der Waals surface area contributed by atoms with Crippen LogP contribution in [0.25, 0.3) is 0 Å². The van der Waals surface area contributed by atoms with Crippen LogP contribution in [0.5, 0.6) is 0 Å². The van der Waals surface area contributed by atoms with Gasteiger partial charge in [0.1, 0.15) is 12.8 Å². The van der Waals surface area contributed by atoms with E-state index < -0.39 is 0 Å². The average Bonchev–Trinajstić information content (AvgIpc) is 2.66. The van der Waals surface area contributed by atoms with E-state index in [2.05, 4.69) is 15.3 Å². The highest BCUT2D eigenvalue weighted by molar-refractivity contribution is 5.97. The van der Waals surface area contributed by atoms with Crippen LogP contribution in [0.3, 0.4) is 0 Å². The van der Waals surface area contributed by atoms with Crippen molar-refractivity contribution in [2.24, 2.45) is 9.98 Å². The predicted octanol–water partition coefficient (Wildman–Crippen LogP) is 0.682. The Morgan fingerprint density at radius 2 is 2.47 bits per heavy atom. The Morgan fingerprint density at radius 1 is 1.53 bits per heavy atom. The maximum Gasteiger partial charge on any atom is 0.176 e. The van der Waals surface area contributed by atoms with Gasteiger partial charge < -0.3 is 14.8 Å². The third-order valence-corrected chi connectivity index (χ3v) is 2.39. The SMILES string of the molecule is C/N=C1/C=C\NC2CCC(CO/C=N/1)O2. The lowest BCUT2D eigenvalue weighted by Crippen LogP contribution is -2.25. The highest BCUT2D eigenvalue weighted by Crippen LogP contribution is 2.18. The highest BCUT2D eigenvalue weighted by atomic mass is 16.5. The molecule has 0 aromatic carbocycles. The van der Waals surface area contributed by atoms with E-state index in [9.17, 15) is 0 Å². The summed E-state index contributed by atoms with van der Waals surface area (Å²) in [6.45, 7) is 0.554. The molecule has 5 heteroatoms. The number of hydrogen-bond donors (Lipinski definition) is 1. The number of nitrogens with zero attached hydrogens (tertiary/aromatic N) is 2. The number of rotatable bonds is 0. The molecule has 1 N–H and O–H groups in total. The molecule has 82 valence electrons. The number of fused-ring (bicyclic) bond motifs is 2. The topological polar surface area (TPSA) is 55.2 Å². The molecule has 15 heavy (non-hydrogen) atoms. The van der Waals surface area contributed by atoms with Gasteiger partial charge in [0, 0.05) is 13.2 Å². The molecule has 0 aromatic rings. The zero-order chi connectivity index (χ0) is 10.5. The molecular weight excluding hydrogens is 194 g/mol. The molecule has 2 atom stereocenters. The minimum atomic E-state index is 0.0889. The standard InChI is InChI=1S/C10H15N3O2/c1-11-9-4-5-12-10-3-2-8(15-10)6-14-7-13-9/h4-5,7-8,10,12H,2-3,6H2,1H3/b5-4-,11-9-,13-7+. The monoisotopic (exact) mass is 209 g/mol. The van der Waals surface area contributed by atoms with Crippen molar-refractivity contribution in [2.75, 3.05) is 13.7 Å². The van der Waals surface area contributed by atoms with E-state index >= 15 is 0 Å². The van der Waals surface area contributed by atoms with Crippen molar-refractivity contribution in [3.63, 3.8) is 0 Å². The van der Waals surface area contributed by atoms with Crippen LogP contribution < -0.4 is 5.32 Å². The van der Waals surface area contributed by atoms with Crippen molar-refractivity contribution in [1.82, 2.24) is 5.32 Å². The van der Waals surface area contributed by atoms with Gasteiger partial charge in [-0.1, -0.05) is 0 Å². The van der Waals surface area contributed by atoms with Gasteiger partial charge in [-0.2, -0.15) is 0 Å². The lowest BCUT2D eigenvalue weighted by atomic mass is 10.2. The van der Waals surface area contributed by atoms with Gasteiger partial charge >= 0.3 is 0 Å². The van der Waals surface area contributed by atoms with Gasteiger partial charge in [-0.25, -0.2) is 4.99 Å². The Balaban J connectivity index is 2.04. The van der Waals surface area contributed by atoms with Gasteiger partial charge in [0.25, 0.3) is 0 Å². The fourth-order valence-corrected chi connectivity index (χ4v) is 1.60. The van der Waals surface area contributed by atoms with Gasteiger partial charge in [-0.05, 0) is 18.9 Å². The van der Waals surface area contributed by atoms with Gasteiger partial charge in [-0.3, -0.25) is 4.99 Å². The Morgan fingerprint density at radius 3 is 3.33 bits per heavy atom. The fraction of sp³-hybridized carbons (Fsp3) is 0.600. The number of hydrogen-bond acceptors (Lipinski definition) is 4. The molecule has 0 saturated carbocycles. The lowest BCUT2D eigenvalue weighted by Gasteiger charge is -2.12. The van der Waals surface area contributed by atoms with Crippen molar-refractivity contribution < 1.29 is 9.47 Å². The van der Waals surface area contributed by atoms with Crippen LogP contribution in [0, 0.1) is 0 Å². The summed E-state index contributed by atoms with van der Waals surface area (Å²) in [6.07, 6.45) is 7.32. The molecule has 5 nitrogen and oxygen atoms in total. The number of nitrogens with one attached hydrogen (secondary N) is 1. The van der Waals surface area contributed by atoms with E-state index in [0.29, 0.717) is 12.4 Å². The summed E-state index contributed by atoms with van der Waals surface area (Å²) >= 11 is 0. The van der Waals surface area contributed by atoms with Gasteiger partial charge in [-0.15, -0.1) is 0 Å². The third kappa shape index (κ3) is 2.79. The van der Waals surface area contributed by atoms with Crippen LogP contribution in [0.15, 0.2) is 22.3 Å². The van der Waals surface area contributed by atoms with E-state index in [1.807, 2.05) is 6.20 Å². The second kappa shape index (κ2) is 4.93. The molecule has 2 unspecified atom stereocenters. The van der Waals surface area contributed by atoms with Crippen molar-refractivity contribution in [1.29, 1.82) is 0 Å². The minimum Gasteiger partial charge on any atom is -0.480 e. The first-order chi connectivity index (χ1) is 7.38. The summed E-state index contributed by atoms with van der Waals surface area (Å²) in [6, 6.07) is 0. The summed E-state index contributed by atoms with van der Waals surface area (Å²) in [7, 11) is 1.69. The van der Waals surface area contributed by atoms with Crippen LogP contribution in [0.4, 0.5) is 0 Å². The maximum atomic E-state index is 5.67. The number of amidine groups is 1. The molecule has 2 rings (SSSR count). The predicted molar refractivity (Wildman–Crippen MR) is 58.0 cm³/mol. The van der Waals surface area contributed by atoms with E-state index in [1.54, 1.807) is 13.1 Å². The zero-order valence-electron chi connectivity index (χ0n) is 8.72. The Bertz CT molecular complexity index is 299. The van der Waals surface area contributed by atoms with Crippen LogP contribution in [-0.4, -0.2) is 38.2 Å². The summed E-state index contributed by atoms with van der Waals surface area (Å²) in [5, 5.41) is 3.16. The van der Waals surface area contributed by atoms with Crippen molar-refractivity contribution >= 4 is 12.2 Å². The second-order valence-corrected chi connectivity index (χ2v) is 3.47.